The van der Waals surface area contributed by atoms with Gasteiger partial charge in [0.1, 0.15) is 0 Å². The van der Waals surface area contributed by atoms with E-state index in [0.717, 1.165) is 26.2 Å². The molecule has 3 aromatic carbocycles. The number of hydrogen-bond donors (Lipinski definition) is 1. The first-order chi connectivity index (χ1) is 11.9. The molecule has 2 nitrogen and oxygen atoms in total. The highest BCUT2D eigenvalue weighted by Gasteiger charge is 2.18. The Morgan fingerprint density at radius 1 is 0.625 bits per heavy atom. The lowest BCUT2D eigenvalue weighted by Crippen LogP contribution is -2.15. The van der Waals surface area contributed by atoms with Gasteiger partial charge in [0.25, 0.3) is 0 Å². The number of anilines is 1. The number of nitrogens with zero attached hydrogens (tertiary/aromatic N) is 1. The molecular weight excluding hydrogens is 292 g/mol. The maximum Gasteiger partial charge on any atom is 0.0436 e. The largest absolute Gasteiger partial charge is 0.363 e. The molecule has 0 aromatic heterocycles. The summed E-state index contributed by atoms with van der Waals surface area (Å²) >= 11 is 0. The summed E-state index contributed by atoms with van der Waals surface area (Å²) < 4.78 is 0. The molecule has 2 heteroatoms. The molecule has 1 aliphatic heterocycles. The third kappa shape index (κ3) is 3.34. The van der Waals surface area contributed by atoms with E-state index in [9.17, 15) is 0 Å². The van der Waals surface area contributed by atoms with Crippen LogP contribution in [-0.4, -0.2) is 0 Å². The second-order valence-electron chi connectivity index (χ2n) is 6.38. The number of benzene rings is 3. The van der Waals surface area contributed by atoms with E-state index in [1.807, 2.05) is 0 Å². The van der Waals surface area contributed by atoms with Crippen molar-refractivity contribution < 1.29 is 0 Å². The molecule has 0 bridgehead atoms. The van der Waals surface area contributed by atoms with Gasteiger partial charge in [0.2, 0.25) is 0 Å². The highest BCUT2D eigenvalue weighted by atomic mass is 15.1. The Kier molecular flexibility index (Phi) is 4.30. The van der Waals surface area contributed by atoms with Gasteiger partial charge in [0.05, 0.1) is 0 Å². The van der Waals surface area contributed by atoms with Gasteiger partial charge in [-0.3, -0.25) is 0 Å². The van der Waals surface area contributed by atoms with Crippen LogP contribution in [0.15, 0.2) is 78.9 Å². The van der Waals surface area contributed by atoms with Crippen LogP contribution in [0.2, 0.25) is 0 Å². The summed E-state index contributed by atoms with van der Waals surface area (Å²) in [5.41, 5.74) is 6.85. The van der Waals surface area contributed by atoms with Crippen LogP contribution >= 0.6 is 0 Å². The lowest BCUT2D eigenvalue weighted by Gasteiger charge is -2.18. The lowest BCUT2D eigenvalue weighted by molar-refractivity contribution is 0.693. The minimum absolute atomic E-state index is 0.898. The van der Waals surface area contributed by atoms with Crippen LogP contribution in [0.1, 0.15) is 22.3 Å². The maximum atomic E-state index is 3.51. The summed E-state index contributed by atoms with van der Waals surface area (Å²) in [5, 5.41) is 3.51. The Labute approximate surface area is 143 Å². The average Bonchev–Trinajstić information content (AvgIpc) is 3.07. The van der Waals surface area contributed by atoms with E-state index in [0.29, 0.717) is 0 Å². The smallest absolute Gasteiger partial charge is 0.0436 e. The number of nitrogens with one attached hydrogen (secondary N) is 1. The highest BCUT2D eigenvalue weighted by Crippen LogP contribution is 2.28. The zero-order valence-corrected chi connectivity index (χ0v) is 13.8. The van der Waals surface area contributed by atoms with Crippen molar-refractivity contribution in [2.75, 3.05) is 4.90 Å². The minimum atomic E-state index is 0.898. The molecule has 0 saturated heterocycles. The van der Waals surface area contributed by atoms with E-state index in [-0.39, 0.29) is 0 Å². The summed E-state index contributed by atoms with van der Waals surface area (Å²) in [6.07, 6.45) is 0. The Balaban J connectivity index is 1.34. The Morgan fingerprint density at radius 3 is 1.79 bits per heavy atom. The second-order valence-corrected chi connectivity index (χ2v) is 6.38. The standard InChI is InChI=1S/C22H22N2/c1-2-6-18(7-3-1)14-23-15-19-10-12-22(13-11-19)24-16-20-8-4-5-9-21(20)17-24/h1-13,23H,14-17H2. The number of fused-ring (bicyclic) bond motifs is 1. The van der Waals surface area contributed by atoms with Crippen molar-refractivity contribution in [1.29, 1.82) is 0 Å². The van der Waals surface area contributed by atoms with E-state index in [4.69, 9.17) is 0 Å². The maximum absolute atomic E-state index is 3.51. The number of rotatable bonds is 5. The Morgan fingerprint density at radius 2 is 1.17 bits per heavy atom. The third-order valence-electron chi connectivity index (χ3n) is 4.64. The van der Waals surface area contributed by atoms with Crippen LogP contribution < -0.4 is 10.2 Å². The van der Waals surface area contributed by atoms with Gasteiger partial charge in [-0.25, -0.2) is 0 Å². The van der Waals surface area contributed by atoms with Gasteiger partial charge in [-0.1, -0.05) is 66.7 Å². The zero-order valence-electron chi connectivity index (χ0n) is 13.8. The van der Waals surface area contributed by atoms with Crippen molar-refractivity contribution in [2.24, 2.45) is 0 Å². The fraction of sp³-hybridized carbons (Fsp3) is 0.182. The van der Waals surface area contributed by atoms with Gasteiger partial charge in [0.15, 0.2) is 0 Å². The van der Waals surface area contributed by atoms with Crippen molar-refractivity contribution in [3.63, 3.8) is 0 Å². The first-order valence-corrected chi connectivity index (χ1v) is 8.54. The summed E-state index contributed by atoms with van der Waals surface area (Å²) in [6, 6.07) is 28.2. The molecule has 0 unspecified atom stereocenters. The van der Waals surface area contributed by atoms with Crippen molar-refractivity contribution >= 4 is 5.69 Å². The fourth-order valence-electron chi connectivity index (χ4n) is 3.29. The highest BCUT2D eigenvalue weighted by molar-refractivity contribution is 5.52. The average molecular weight is 314 g/mol. The molecule has 3 aromatic rings. The molecule has 0 fully saturated rings. The van der Waals surface area contributed by atoms with Gasteiger partial charge in [0, 0.05) is 31.9 Å². The third-order valence-corrected chi connectivity index (χ3v) is 4.64. The van der Waals surface area contributed by atoms with Gasteiger partial charge in [-0.2, -0.15) is 0 Å². The quantitative estimate of drug-likeness (QED) is 0.746. The van der Waals surface area contributed by atoms with Crippen LogP contribution in [0.4, 0.5) is 5.69 Å². The summed E-state index contributed by atoms with van der Waals surface area (Å²) in [7, 11) is 0. The Hall–Kier alpha value is -2.58. The van der Waals surface area contributed by atoms with Crippen molar-refractivity contribution in [3.05, 3.63) is 101 Å². The molecule has 0 atom stereocenters. The van der Waals surface area contributed by atoms with Crippen LogP contribution in [0.5, 0.6) is 0 Å². The number of hydrogen-bond acceptors (Lipinski definition) is 2. The van der Waals surface area contributed by atoms with E-state index in [1.54, 1.807) is 0 Å². The topological polar surface area (TPSA) is 15.3 Å². The van der Waals surface area contributed by atoms with Crippen LogP contribution in [0, 0.1) is 0 Å². The van der Waals surface area contributed by atoms with Gasteiger partial charge < -0.3 is 10.2 Å². The SMILES string of the molecule is c1ccc(CNCc2ccc(N3Cc4ccccc4C3)cc2)cc1. The normalized spacial score (nSPS) is 13.1. The predicted molar refractivity (Wildman–Crippen MR) is 99.8 cm³/mol. The molecule has 1 heterocycles. The Bertz CT molecular complexity index is 769. The van der Waals surface area contributed by atoms with Gasteiger partial charge >= 0.3 is 0 Å². The monoisotopic (exact) mass is 314 g/mol. The molecule has 0 aliphatic carbocycles. The van der Waals surface area contributed by atoms with Crippen molar-refractivity contribution in [2.45, 2.75) is 26.2 Å². The van der Waals surface area contributed by atoms with Crippen LogP contribution in [0.25, 0.3) is 0 Å². The fourth-order valence-corrected chi connectivity index (χ4v) is 3.29. The first-order valence-electron chi connectivity index (χ1n) is 8.54. The molecule has 0 saturated carbocycles. The minimum Gasteiger partial charge on any atom is -0.363 e. The molecule has 1 N–H and O–H groups in total. The van der Waals surface area contributed by atoms with E-state index < -0.39 is 0 Å². The summed E-state index contributed by atoms with van der Waals surface area (Å²) in [5.74, 6) is 0. The van der Waals surface area contributed by atoms with Gasteiger partial charge in [-0.05, 0) is 34.4 Å². The summed E-state index contributed by atoms with van der Waals surface area (Å²) in [6.45, 7) is 3.84. The zero-order chi connectivity index (χ0) is 16.2. The molecular formula is C22H22N2. The molecule has 24 heavy (non-hydrogen) atoms. The molecule has 0 amide bonds. The molecule has 0 radical (unpaired) electrons. The summed E-state index contributed by atoms with van der Waals surface area (Å²) in [4.78, 5) is 2.44. The molecule has 0 spiro atoms. The lowest BCUT2D eigenvalue weighted by atomic mass is 10.1. The predicted octanol–water partition coefficient (Wildman–Crippen LogP) is 4.50. The van der Waals surface area contributed by atoms with E-state index in [1.165, 1.54) is 27.9 Å². The molecule has 120 valence electrons. The second kappa shape index (κ2) is 6.90. The van der Waals surface area contributed by atoms with Crippen molar-refractivity contribution in [1.82, 2.24) is 5.32 Å². The van der Waals surface area contributed by atoms with Crippen molar-refractivity contribution in [3.8, 4) is 0 Å². The van der Waals surface area contributed by atoms with E-state index in [2.05, 4.69) is 89.1 Å². The first kappa shape index (κ1) is 15.0. The van der Waals surface area contributed by atoms with Crippen LogP contribution in [0.3, 0.4) is 0 Å². The molecule has 1 aliphatic rings. The van der Waals surface area contributed by atoms with Crippen LogP contribution in [-0.2, 0) is 26.2 Å². The van der Waals surface area contributed by atoms with E-state index >= 15 is 0 Å². The van der Waals surface area contributed by atoms with Gasteiger partial charge in [-0.15, -0.1) is 0 Å². The molecule has 4 rings (SSSR count).